The van der Waals surface area contributed by atoms with E-state index in [0.29, 0.717) is 35.2 Å². The van der Waals surface area contributed by atoms with Crippen molar-refractivity contribution < 1.29 is 17.9 Å². The van der Waals surface area contributed by atoms with Crippen LogP contribution in [0.1, 0.15) is 11.1 Å². The highest BCUT2D eigenvalue weighted by Crippen LogP contribution is 2.31. The summed E-state index contributed by atoms with van der Waals surface area (Å²) in [5.41, 5.74) is 2.58. The number of nitrogens with one attached hydrogen (secondary N) is 1. The van der Waals surface area contributed by atoms with E-state index in [9.17, 15) is 13.2 Å². The van der Waals surface area contributed by atoms with Crippen molar-refractivity contribution >= 4 is 56.4 Å². The fraction of sp³-hybridized carbons (Fsp3) is 0.174. The molecule has 0 radical (unpaired) electrons. The van der Waals surface area contributed by atoms with Crippen LogP contribution < -0.4 is 10.1 Å². The zero-order valence-electron chi connectivity index (χ0n) is 17.2. The maximum absolute atomic E-state index is 13.1. The molecule has 0 saturated heterocycles. The smallest absolute Gasteiger partial charge is 0.262 e. The average Bonchev–Trinajstić information content (AvgIpc) is 2.77. The van der Waals surface area contributed by atoms with Crippen molar-refractivity contribution in [3.63, 3.8) is 0 Å². The topological polar surface area (TPSA) is 75.7 Å². The second kappa shape index (κ2) is 9.91. The molecule has 0 fully saturated rings. The van der Waals surface area contributed by atoms with Gasteiger partial charge < -0.3 is 10.1 Å². The number of benzene rings is 3. The molecule has 1 amide bonds. The third-order valence-corrected chi connectivity index (χ3v) is 7.71. The molecular weight excluding hydrogens is 507 g/mol. The quantitative estimate of drug-likeness (QED) is 0.467. The van der Waals surface area contributed by atoms with Crippen molar-refractivity contribution in [1.29, 1.82) is 0 Å². The fourth-order valence-corrected chi connectivity index (χ4v) is 5.82. The van der Waals surface area contributed by atoms with E-state index in [0.717, 1.165) is 11.1 Å². The molecule has 10 heteroatoms. The molecule has 0 aliphatic carbocycles. The first kappa shape index (κ1) is 23.9. The first-order chi connectivity index (χ1) is 15.7. The highest BCUT2D eigenvalue weighted by molar-refractivity contribution is 7.89. The van der Waals surface area contributed by atoms with E-state index in [4.69, 9.17) is 39.5 Å². The van der Waals surface area contributed by atoms with Gasteiger partial charge in [0.25, 0.3) is 5.91 Å². The molecule has 1 N–H and O–H groups in total. The summed E-state index contributed by atoms with van der Waals surface area (Å²) in [4.78, 5) is 12.3. The molecule has 3 aromatic rings. The Hall–Kier alpha value is -2.29. The predicted octanol–water partition coefficient (Wildman–Crippen LogP) is 5.41. The molecule has 1 aliphatic heterocycles. The lowest BCUT2D eigenvalue weighted by atomic mass is 10.0. The lowest BCUT2D eigenvalue weighted by molar-refractivity contribution is -0.118. The van der Waals surface area contributed by atoms with E-state index < -0.39 is 15.9 Å². The van der Waals surface area contributed by atoms with Crippen molar-refractivity contribution in [2.75, 3.05) is 18.5 Å². The molecule has 1 heterocycles. The minimum absolute atomic E-state index is 0.0669. The number of anilines is 1. The van der Waals surface area contributed by atoms with Gasteiger partial charge in [-0.15, -0.1) is 0 Å². The summed E-state index contributed by atoms with van der Waals surface area (Å²) < 4.78 is 33.2. The van der Waals surface area contributed by atoms with Crippen LogP contribution in [-0.4, -0.2) is 31.8 Å². The van der Waals surface area contributed by atoms with E-state index >= 15 is 0 Å². The summed E-state index contributed by atoms with van der Waals surface area (Å²) in [7, 11) is -3.74. The van der Waals surface area contributed by atoms with Crippen LogP contribution in [0.2, 0.25) is 15.1 Å². The third kappa shape index (κ3) is 5.62. The first-order valence-corrected chi connectivity index (χ1v) is 12.5. The predicted molar refractivity (Wildman–Crippen MR) is 130 cm³/mol. The van der Waals surface area contributed by atoms with Crippen molar-refractivity contribution in [3.05, 3.63) is 86.9 Å². The Bertz CT molecular complexity index is 1290. The fourth-order valence-electron chi connectivity index (χ4n) is 3.55. The molecule has 33 heavy (non-hydrogen) atoms. The van der Waals surface area contributed by atoms with E-state index in [1.165, 1.54) is 22.5 Å². The van der Waals surface area contributed by atoms with Crippen LogP contribution in [0.4, 0.5) is 5.69 Å². The van der Waals surface area contributed by atoms with Gasteiger partial charge in [-0.05, 0) is 53.9 Å². The van der Waals surface area contributed by atoms with Crippen molar-refractivity contribution in [1.82, 2.24) is 4.31 Å². The van der Waals surface area contributed by atoms with Crippen LogP contribution in [0.15, 0.2) is 65.6 Å². The molecular formula is C23H19Cl3N2O4S. The minimum Gasteiger partial charge on any atom is -0.482 e. The number of carbonyl (C=O) groups excluding carboxylic acids is 1. The van der Waals surface area contributed by atoms with Crippen LogP contribution in [0.5, 0.6) is 5.75 Å². The van der Waals surface area contributed by atoms with Gasteiger partial charge in [0.1, 0.15) is 5.75 Å². The van der Waals surface area contributed by atoms with Gasteiger partial charge >= 0.3 is 0 Å². The summed E-state index contributed by atoms with van der Waals surface area (Å²) in [6.45, 7) is 0.365. The second-order valence-electron chi connectivity index (χ2n) is 7.44. The highest BCUT2D eigenvalue weighted by Gasteiger charge is 2.28. The van der Waals surface area contributed by atoms with Crippen LogP contribution in [0.25, 0.3) is 0 Å². The number of hydrogen-bond donors (Lipinski definition) is 1. The van der Waals surface area contributed by atoms with E-state index in [-0.39, 0.29) is 22.3 Å². The van der Waals surface area contributed by atoms with Gasteiger partial charge in [-0.1, -0.05) is 59.1 Å². The van der Waals surface area contributed by atoms with Crippen LogP contribution in [-0.2, 0) is 27.8 Å². The van der Waals surface area contributed by atoms with Gasteiger partial charge in [0.2, 0.25) is 10.0 Å². The lowest BCUT2D eigenvalue weighted by Crippen LogP contribution is -2.35. The Morgan fingerprint density at radius 3 is 2.36 bits per heavy atom. The monoisotopic (exact) mass is 524 g/mol. The highest BCUT2D eigenvalue weighted by atomic mass is 35.5. The minimum atomic E-state index is -3.74. The number of halogens is 3. The number of ether oxygens (including phenoxy) is 1. The molecule has 0 atom stereocenters. The molecule has 0 saturated carbocycles. The number of fused-ring (bicyclic) bond motifs is 1. The Balaban J connectivity index is 1.42. The zero-order valence-corrected chi connectivity index (χ0v) is 20.3. The molecule has 0 aromatic heterocycles. The third-order valence-electron chi connectivity index (χ3n) is 5.14. The lowest BCUT2D eigenvalue weighted by Gasteiger charge is -2.28. The van der Waals surface area contributed by atoms with Crippen LogP contribution in [0, 0.1) is 0 Å². The summed E-state index contributed by atoms with van der Waals surface area (Å²) in [6, 6.07) is 16.6. The first-order valence-electron chi connectivity index (χ1n) is 9.97. The number of carbonyl (C=O) groups is 1. The molecule has 3 aromatic carbocycles. The summed E-state index contributed by atoms with van der Waals surface area (Å²) >= 11 is 18.1. The molecule has 0 unspecified atom stereocenters. The Morgan fingerprint density at radius 2 is 1.67 bits per heavy atom. The van der Waals surface area contributed by atoms with Gasteiger partial charge in [0.15, 0.2) is 6.61 Å². The number of hydrogen-bond acceptors (Lipinski definition) is 4. The number of amides is 1. The molecule has 4 rings (SSSR count). The van der Waals surface area contributed by atoms with Crippen molar-refractivity contribution in [2.24, 2.45) is 0 Å². The molecule has 1 aliphatic rings. The standard InChI is InChI=1S/C23H19Cl3N2O4S/c24-17-9-18(25)11-19(10-17)27-23(29)14-32-22-6-5-20(12-21(22)26)33(30,31)28-8-7-15-3-1-2-4-16(15)13-28/h1-6,9-12H,7-8,13-14H2,(H,27,29). The SMILES string of the molecule is O=C(COc1ccc(S(=O)(=O)N2CCc3ccccc3C2)cc1Cl)Nc1cc(Cl)cc(Cl)c1. The molecule has 0 spiro atoms. The maximum Gasteiger partial charge on any atom is 0.262 e. The average molecular weight is 526 g/mol. The van der Waals surface area contributed by atoms with Gasteiger partial charge in [-0.25, -0.2) is 8.42 Å². The van der Waals surface area contributed by atoms with Crippen molar-refractivity contribution in [2.45, 2.75) is 17.9 Å². The Morgan fingerprint density at radius 1 is 0.970 bits per heavy atom. The van der Waals surface area contributed by atoms with Gasteiger partial charge in [0.05, 0.1) is 9.92 Å². The number of rotatable bonds is 6. The van der Waals surface area contributed by atoms with E-state index in [1.807, 2.05) is 24.3 Å². The Labute approximate surface area is 207 Å². The van der Waals surface area contributed by atoms with Gasteiger partial charge in [-0.3, -0.25) is 4.79 Å². The van der Waals surface area contributed by atoms with E-state index in [2.05, 4.69) is 5.32 Å². The normalized spacial score (nSPS) is 13.9. The van der Waals surface area contributed by atoms with Crippen LogP contribution in [0.3, 0.4) is 0 Å². The largest absolute Gasteiger partial charge is 0.482 e. The second-order valence-corrected chi connectivity index (χ2v) is 10.7. The van der Waals surface area contributed by atoms with E-state index in [1.54, 1.807) is 18.2 Å². The number of sulfonamides is 1. The molecule has 6 nitrogen and oxygen atoms in total. The Kier molecular flexibility index (Phi) is 7.16. The summed E-state index contributed by atoms with van der Waals surface area (Å²) in [6.07, 6.45) is 0.650. The zero-order chi connectivity index (χ0) is 23.6. The summed E-state index contributed by atoms with van der Waals surface area (Å²) in [5, 5.41) is 3.48. The number of nitrogens with zero attached hydrogens (tertiary/aromatic N) is 1. The van der Waals surface area contributed by atoms with Gasteiger partial charge in [-0.2, -0.15) is 4.31 Å². The van der Waals surface area contributed by atoms with Crippen LogP contribution >= 0.6 is 34.8 Å². The molecule has 0 bridgehead atoms. The van der Waals surface area contributed by atoms with Crippen molar-refractivity contribution in [3.8, 4) is 5.75 Å². The maximum atomic E-state index is 13.1. The summed E-state index contributed by atoms with van der Waals surface area (Å²) in [5.74, 6) is -0.257. The molecule has 172 valence electrons. The van der Waals surface area contributed by atoms with Gasteiger partial charge in [0, 0.05) is 28.8 Å².